The molecule has 4 heteroatoms. The minimum absolute atomic E-state index is 0.0526. The number of anilines is 1. The van der Waals surface area contributed by atoms with Gasteiger partial charge >= 0.3 is 0 Å². The van der Waals surface area contributed by atoms with E-state index >= 15 is 0 Å². The molecule has 0 bridgehead atoms. The third-order valence-corrected chi connectivity index (χ3v) is 3.50. The number of carbonyl (C=O) groups is 1. The van der Waals surface area contributed by atoms with Crippen molar-refractivity contribution >= 4 is 11.6 Å². The molecule has 1 aliphatic heterocycles. The molecule has 0 aliphatic carbocycles. The van der Waals surface area contributed by atoms with Crippen LogP contribution in [0, 0.1) is 0 Å². The van der Waals surface area contributed by atoms with Crippen molar-refractivity contribution in [3.63, 3.8) is 0 Å². The number of hydrogen-bond donors (Lipinski definition) is 3. The van der Waals surface area contributed by atoms with Crippen LogP contribution in [0.2, 0.25) is 0 Å². The van der Waals surface area contributed by atoms with E-state index in [2.05, 4.69) is 10.6 Å². The molecule has 0 saturated carbocycles. The maximum Gasteiger partial charge on any atom is 0.241 e. The number of aliphatic hydroxyl groups excluding tert-OH is 1. The molecule has 4 nitrogen and oxygen atoms in total. The van der Waals surface area contributed by atoms with E-state index in [0.717, 1.165) is 37.1 Å². The quantitative estimate of drug-likeness (QED) is 0.774. The van der Waals surface area contributed by atoms with E-state index in [1.165, 1.54) is 6.42 Å². The summed E-state index contributed by atoms with van der Waals surface area (Å²) in [6, 6.07) is 7.58. The second kappa shape index (κ2) is 7.26. The van der Waals surface area contributed by atoms with Gasteiger partial charge in [0.1, 0.15) is 0 Å². The summed E-state index contributed by atoms with van der Waals surface area (Å²) in [7, 11) is 0. The van der Waals surface area contributed by atoms with E-state index in [1.54, 1.807) is 0 Å². The summed E-state index contributed by atoms with van der Waals surface area (Å²) < 4.78 is 0. The van der Waals surface area contributed by atoms with Gasteiger partial charge in [-0.05, 0) is 43.5 Å². The molecule has 2 rings (SSSR count). The van der Waals surface area contributed by atoms with Crippen LogP contribution < -0.4 is 10.6 Å². The predicted molar refractivity (Wildman–Crippen MR) is 76.1 cm³/mol. The number of aliphatic hydroxyl groups is 1. The Morgan fingerprint density at radius 1 is 1.26 bits per heavy atom. The van der Waals surface area contributed by atoms with Crippen molar-refractivity contribution in [3.05, 3.63) is 29.8 Å². The van der Waals surface area contributed by atoms with Crippen LogP contribution in [-0.4, -0.2) is 30.2 Å². The number of benzene rings is 1. The van der Waals surface area contributed by atoms with Gasteiger partial charge < -0.3 is 15.7 Å². The Kier molecular flexibility index (Phi) is 5.36. The molecule has 1 aromatic carbocycles. The van der Waals surface area contributed by atoms with E-state index in [0.29, 0.717) is 6.42 Å². The Bertz CT molecular complexity index is 395. The second-order valence-electron chi connectivity index (χ2n) is 5.02. The molecular weight excluding hydrogens is 240 g/mol. The number of hydrogen-bond acceptors (Lipinski definition) is 3. The molecule has 1 heterocycles. The van der Waals surface area contributed by atoms with Gasteiger partial charge in [0.25, 0.3) is 0 Å². The Hall–Kier alpha value is -1.39. The van der Waals surface area contributed by atoms with Crippen molar-refractivity contribution in [2.45, 2.75) is 38.1 Å². The summed E-state index contributed by atoms with van der Waals surface area (Å²) in [5.74, 6) is 0.0526. The highest BCUT2D eigenvalue weighted by Gasteiger charge is 2.19. The lowest BCUT2D eigenvalue weighted by Crippen LogP contribution is -2.39. The number of amides is 1. The zero-order valence-corrected chi connectivity index (χ0v) is 11.2. The normalized spacial score (nSPS) is 19.7. The van der Waals surface area contributed by atoms with Crippen molar-refractivity contribution in [3.8, 4) is 0 Å². The van der Waals surface area contributed by atoms with Gasteiger partial charge in [-0.1, -0.05) is 25.0 Å². The van der Waals surface area contributed by atoms with Gasteiger partial charge in [0.05, 0.1) is 6.04 Å². The highest BCUT2D eigenvalue weighted by Crippen LogP contribution is 2.13. The summed E-state index contributed by atoms with van der Waals surface area (Å²) in [5, 5.41) is 15.1. The fourth-order valence-electron chi connectivity index (χ4n) is 2.37. The molecule has 0 aromatic heterocycles. The second-order valence-corrected chi connectivity index (χ2v) is 5.02. The fourth-order valence-corrected chi connectivity index (χ4v) is 2.37. The first kappa shape index (κ1) is 14.0. The molecule has 1 unspecified atom stereocenters. The van der Waals surface area contributed by atoms with Gasteiger partial charge in [0, 0.05) is 12.3 Å². The van der Waals surface area contributed by atoms with Crippen LogP contribution in [0.5, 0.6) is 0 Å². The Labute approximate surface area is 114 Å². The maximum absolute atomic E-state index is 12.1. The van der Waals surface area contributed by atoms with Crippen LogP contribution >= 0.6 is 0 Å². The standard InChI is InChI=1S/C15H22N2O2/c18-11-9-12-5-7-13(8-6-12)17-15(19)14-4-2-1-3-10-16-14/h5-8,14,16,18H,1-4,9-11H2,(H,17,19). The van der Waals surface area contributed by atoms with E-state index in [-0.39, 0.29) is 18.6 Å². The average molecular weight is 262 g/mol. The van der Waals surface area contributed by atoms with Crippen LogP contribution in [0.1, 0.15) is 31.2 Å². The Morgan fingerprint density at radius 2 is 2.05 bits per heavy atom. The molecule has 1 aliphatic rings. The molecule has 0 radical (unpaired) electrons. The van der Waals surface area contributed by atoms with Crippen LogP contribution in [0.3, 0.4) is 0 Å². The average Bonchev–Trinajstić information content (AvgIpc) is 2.70. The van der Waals surface area contributed by atoms with Gasteiger partial charge in [-0.25, -0.2) is 0 Å². The minimum atomic E-state index is -0.0698. The highest BCUT2D eigenvalue weighted by atomic mass is 16.2. The summed E-state index contributed by atoms with van der Waals surface area (Å²) in [4.78, 5) is 12.1. The van der Waals surface area contributed by atoms with Crippen LogP contribution in [0.25, 0.3) is 0 Å². The molecule has 1 aromatic rings. The van der Waals surface area contributed by atoms with Crippen LogP contribution in [0.15, 0.2) is 24.3 Å². The lowest BCUT2D eigenvalue weighted by atomic mass is 10.1. The number of nitrogens with one attached hydrogen (secondary N) is 2. The summed E-state index contributed by atoms with van der Waals surface area (Å²) in [6.45, 7) is 1.07. The van der Waals surface area contributed by atoms with Crippen molar-refractivity contribution in [2.24, 2.45) is 0 Å². The van der Waals surface area contributed by atoms with Crippen molar-refractivity contribution < 1.29 is 9.90 Å². The lowest BCUT2D eigenvalue weighted by Gasteiger charge is -2.15. The third-order valence-electron chi connectivity index (χ3n) is 3.50. The lowest BCUT2D eigenvalue weighted by molar-refractivity contribution is -0.118. The molecule has 104 valence electrons. The maximum atomic E-state index is 12.1. The highest BCUT2D eigenvalue weighted by molar-refractivity contribution is 5.94. The first-order valence-corrected chi connectivity index (χ1v) is 7.03. The van der Waals surface area contributed by atoms with Gasteiger partial charge in [0.2, 0.25) is 5.91 Å². The summed E-state index contributed by atoms with van der Waals surface area (Å²) >= 11 is 0. The van der Waals surface area contributed by atoms with Gasteiger partial charge in [-0.2, -0.15) is 0 Å². The fraction of sp³-hybridized carbons (Fsp3) is 0.533. The SMILES string of the molecule is O=C(Nc1ccc(CCO)cc1)C1CCCCCN1. The monoisotopic (exact) mass is 262 g/mol. The van der Waals surface area contributed by atoms with Crippen molar-refractivity contribution in [1.82, 2.24) is 5.32 Å². The first-order valence-electron chi connectivity index (χ1n) is 7.03. The first-order chi connectivity index (χ1) is 9.29. The molecule has 1 amide bonds. The third kappa shape index (κ3) is 4.33. The Morgan fingerprint density at radius 3 is 2.79 bits per heavy atom. The molecule has 0 spiro atoms. The van der Waals surface area contributed by atoms with E-state index in [9.17, 15) is 4.79 Å². The van der Waals surface area contributed by atoms with E-state index in [4.69, 9.17) is 5.11 Å². The zero-order chi connectivity index (χ0) is 13.5. The number of rotatable bonds is 4. The van der Waals surface area contributed by atoms with E-state index in [1.807, 2.05) is 24.3 Å². The Balaban J connectivity index is 1.90. The largest absolute Gasteiger partial charge is 0.396 e. The van der Waals surface area contributed by atoms with Gasteiger partial charge in [-0.15, -0.1) is 0 Å². The molecule has 3 N–H and O–H groups in total. The summed E-state index contributed by atoms with van der Waals surface area (Å²) in [5.41, 5.74) is 1.89. The van der Waals surface area contributed by atoms with Gasteiger partial charge in [0.15, 0.2) is 0 Å². The molecule has 1 fully saturated rings. The minimum Gasteiger partial charge on any atom is -0.396 e. The van der Waals surface area contributed by atoms with Gasteiger partial charge in [-0.3, -0.25) is 4.79 Å². The molecule has 1 saturated heterocycles. The smallest absolute Gasteiger partial charge is 0.241 e. The van der Waals surface area contributed by atoms with Crippen LogP contribution in [-0.2, 0) is 11.2 Å². The topological polar surface area (TPSA) is 61.4 Å². The molecular formula is C15H22N2O2. The molecule has 1 atom stereocenters. The van der Waals surface area contributed by atoms with Crippen LogP contribution in [0.4, 0.5) is 5.69 Å². The molecule has 19 heavy (non-hydrogen) atoms. The van der Waals surface area contributed by atoms with Crippen molar-refractivity contribution in [1.29, 1.82) is 0 Å². The summed E-state index contributed by atoms with van der Waals surface area (Å²) in [6.07, 6.45) is 5.03. The predicted octanol–water partition coefficient (Wildman–Crippen LogP) is 1.69. The van der Waals surface area contributed by atoms with E-state index < -0.39 is 0 Å². The van der Waals surface area contributed by atoms with Crippen molar-refractivity contribution in [2.75, 3.05) is 18.5 Å². The zero-order valence-electron chi connectivity index (χ0n) is 11.2. The number of carbonyl (C=O) groups excluding carboxylic acids is 1.